The number of ether oxygens (including phenoxy) is 2. The summed E-state index contributed by atoms with van der Waals surface area (Å²) in [6, 6.07) is 11.6. The Morgan fingerprint density at radius 3 is 2.79 bits per heavy atom. The molecule has 2 aromatic rings. The Labute approximate surface area is 166 Å². The van der Waals surface area contributed by atoms with Crippen molar-refractivity contribution in [2.24, 2.45) is 0 Å². The van der Waals surface area contributed by atoms with Crippen molar-refractivity contribution in [1.29, 1.82) is 0 Å². The van der Waals surface area contributed by atoms with Crippen molar-refractivity contribution in [3.05, 3.63) is 47.5 Å². The third-order valence-corrected chi connectivity index (χ3v) is 7.26. The number of para-hydroxylation sites is 1. The van der Waals surface area contributed by atoms with Gasteiger partial charge >= 0.3 is 0 Å². The molecule has 0 unspecified atom stereocenters. The van der Waals surface area contributed by atoms with Gasteiger partial charge in [0, 0.05) is 23.9 Å². The second-order valence-corrected chi connectivity index (χ2v) is 8.53. The van der Waals surface area contributed by atoms with Crippen molar-refractivity contribution < 1.29 is 19.1 Å². The van der Waals surface area contributed by atoms with Crippen LogP contribution in [-0.2, 0) is 20.9 Å². The maximum absolute atomic E-state index is 13.7. The number of thioether (sulfide) groups is 1. The number of anilines is 2. The lowest BCUT2D eigenvalue weighted by Crippen LogP contribution is -2.50. The average molecular weight is 394 g/mol. The van der Waals surface area contributed by atoms with Gasteiger partial charge in [0.15, 0.2) is 11.5 Å². The van der Waals surface area contributed by atoms with E-state index in [1.54, 1.807) is 4.90 Å². The second kappa shape index (κ2) is 5.67. The number of carbonyl (C=O) groups excluding carboxylic acids is 2. The Bertz CT molecular complexity index is 1040. The number of hydrogen-bond acceptors (Lipinski definition) is 5. The number of aryl methyl sites for hydroxylation is 1. The quantitative estimate of drug-likeness (QED) is 0.744. The minimum absolute atomic E-state index is 0.0135. The maximum atomic E-state index is 13.7. The molecule has 2 aromatic carbocycles. The van der Waals surface area contributed by atoms with Gasteiger partial charge in [-0.05, 0) is 30.5 Å². The molecule has 0 saturated carbocycles. The zero-order valence-electron chi connectivity index (χ0n) is 15.1. The molecule has 0 aromatic heterocycles. The highest BCUT2D eigenvalue weighted by Gasteiger charge is 2.61. The first kappa shape index (κ1) is 16.3. The van der Waals surface area contributed by atoms with Crippen LogP contribution in [0.1, 0.15) is 17.5 Å². The van der Waals surface area contributed by atoms with Gasteiger partial charge in [-0.25, -0.2) is 0 Å². The van der Waals surface area contributed by atoms with Gasteiger partial charge in [-0.15, -0.1) is 11.8 Å². The van der Waals surface area contributed by atoms with E-state index < -0.39 is 4.87 Å². The zero-order valence-corrected chi connectivity index (χ0v) is 16.0. The molecule has 1 spiro atoms. The van der Waals surface area contributed by atoms with E-state index in [9.17, 15) is 9.59 Å². The number of fused-ring (bicyclic) bond motifs is 2. The molecule has 4 aliphatic rings. The van der Waals surface area contributed by atoms with Crippen LogP contribution in [0.25, 0.3) is 0 Å². The molecule has 1 saturated heterocycles. The summed E-state index contributed by atoms with van der Waals surface area (Å²) in [6.07, 6.45) is 1.91. The third kappa shape index (κ3) is 1.95. The summed E-state index contributed by atoms with van der Waals surface area (Å²) in [6.45, 7) is 1.69. The molecule has 7 heteroatoms. The first-order valence-corrected chi connectivity index (χ1v) is 10.5. The van der Waals surface area contributed by atoms with Gasteiger partial charge < -0.3 is 14.4 Å². The average Bonchev–Trinajstić information content (AvgIpc) is 3.20. The molecular formula is C21H18N2O4S. The third-order valence-electron chi connectivity index (χ3n) is 5.87. The van der Waals surface area contributed by atoms with Crippen LogP contribution in [0.5, 0.6) is 11.5 Å². The number of carbonyl (C=O) groups is 2. The van der Waals surface area contributed by atoms with Crippen molar-refractivity contribution in [3.63, 3.8) is 0 Å². The number of rotatable bonds is 1. The SMILES string of the molecule is O=C1CS[C@@]2(C(=O)N3CCCc4cccc2c43)N1c1ccc2c(c1)OCCO2. The molecule has 0 N–H and O–H groups in total. The predicted molar refractivity (Wildman–Crippen MR) is 106 cm³/mol. The lowest BCUT2D eigenvalue weighted by Gasteiger charge is -2.33. The van der Waals surface area contributed by atoms with E-state index in [-0.39, 0.29) is 17.6 Å². The standard InChI is InChI=1S/C21H18N2O4S/c24-18-12-28-21(23(18)14-6-7-16-17(11-14)27-10-9-26-16)15-5-1-3-13-4-2-8-22(19(13)15)20(21)25/h1,3,5-7,11H,2,4,8-10,12H2/t21-/m0/s1. The van der Waals surface area contributed by atoms with Crippen LogP contribution in [-0.4, -0.2) is 37.3 Å². The van der Waals surface area contributed by atoms with Crippen LogP contribution in [0, 0.1) is 0 Å². The van der Waals surface area contributed by atoms with Crippen LogP contribution >= 0.6 is 11.8 Å². The van der Waals surface area contributed by atoms with Crippen LogP contribution in [0.2, 0.25) is 0 Å². The van der Waals surface area contributed by atoms with E-state index in [0.29, 0.717) is 36.9 Å². The number of benzene rings is 2. The Balaban J connectivity index is 1.55. The Hall–Kier alpha value is -2.67. The molecule has 28 heavy (non-hydrogen) atoms. The summed E-state index contributed by atoms with van der Waals surface area (Å²) < 4.78 is 11.3. The molecule has 4 aliphatic heterocycles. The largest absolute Gasteiger partial charge is 0.486 e. The normalized spacial score (nSPS) is 24.9. The summed E-state index contributed by atoms with van der Waals surface area (Å²) in [4.78, 5) is 29.2. The van der Waals surface area contributed by atoms with E-state index in [1.165, 1.54) is 17.3 Å². The Kier molecular flexibility index (Phi) is 3.30. The molecule has 142 valence electrons. The predicted octanol–water partition coefficient (Wildman–Crippen LogP) is 2.68. The molecular weight excluding hydrogens is 376 g/mol. The summed E-state index contributed by atoms with van der Waals surface area (Å²) in [5, 5.41) is 0. The maximum Gasteiger partial charge on any atom is 0.268 e. The first-order valence-electron chi connectivity index (χ1n) is 9.51. The second-order valence-electron chi connectivity index (χ2n) is 7.36. The first-order chi connectivity index (χ1) is 13.7. The molecule has 6 nitrogen and oxygen atoms in total. The Morgan fingerprint density at radius 2 is 1.89 bits per heavy atom. The molecule has 4 heterocycles. The summed E-state index contributed by atoms with van der Waals surface area (Å²) in [7, 11) is 0. The topological polar surface area (TPSA) is 59.1 Å². The molecule has 1 atom stereocenters. The van der Waals surface area contributed by atoms with Crippen LogP contribution in [0.3, 0.4) is 0 Å². The van der Waals surface area contributed by atoms with Crippen LogP contribution in [0.4, 0.5) is 11.4 Å². The van der Waals surface area contributed by atoms with Crippen molar-refractivity contribution >= 4 is 35.0 Å². The number of nitrogens with zero attached hydrogens (tertiary/aromatic N) is 2. The lowest BCUT2D eigenvalue weighted by atomic mass is 9.98. The monoisotopic (exact) mass is 394 g/mol. The van der Waals surface area contributed by atoms with E-state index >= 15 is 0 Å². The number of amides is 2. The van der Waals surface area contributed by atoms with Gasteiger partial charge in [-0.1, -0.05) is 18.2 Å². The van der Waals surface area contributed by atoms with Gasteiger partial charge in [0.1, 0.15) is 13.2 Å². The van der Waals surface area contributed by atoms with Gasteiger partial charge in [0.05, 0.1) is 11.4 Å². The minimum Gasteiger partial charge on any atom is -0.486 e. The fourth-order valence-corrected chi connectivity index (χ4v) is 6.10. The van der Waals surface area contributed by atoms with Crippen molar-refractivity contribution in [3.8, 4) is 11.5 Å². The van der Waals surface area contributed by atoms with Gasteiger partial charge in [-0.2, -0.15) is 0 Å². The van der Waals surface area contributed by atoms with Crippen molar-refractivity contribution in [1.82, 2.24) is 0 Å². The van der Waals surface area contributed by atoms with Crippen LogP contribution in [0.15, 0.2) is 36.4 Å². The van der Waals surface area contributed by atoms with Gasteiger partial charge in [-0.3, -0.25) is 14.5 Å². The van der Waals surface area contributed by atoms with E-state index in [4.69, 9.17) is 9.47 Å². The molecule has 0 radical (unpaired) electrons. The van der Waals surface area contributed by atoms with Crippen molar-refractivity contribution in [2.45, 2.75) is 17.7 Å². The molecule has 0 aliphatic carbocycles. The summed E-state index contributed by atoms with van der Waals surface area (Å²) in [5.41, 5.74) is 3.80. The molecule has 2 amide bonds. The van der Waals surface area contributed by atoms with Gasteiger partial charge in [0.2, 0.25) is 10.8 Å². The van der Waals surface area contributed by atoms with Crippen molar-refractivity contribution in [2.75, 3.05) is 35.3 Å². The Morgan fingerprint density at radius 1 is 1.04 bits per heavy atom. The fraction of sp³-hybridized carbons (Fsp3) is 0.333. The van der Waals surface area contributed by atoms with Crippen LogP contribution < -0.4 is 19.3 Å². The zero-order chi connectivity index (χ0) is 18.9. The van der Waals surface area contributed by atoms with E-state index in [1.807, 2.05) is 35.2 Å². The number of hydrogen-bond donors (Lipinski definition) is 0. The highest BCUT2D eigenvalue weighted by atomic mass is 32.2. The highest BCUT2D eigenvalue weighted by molar-refractivity contribution is 8.02. The molecule has 6 rings (SSSR count). The van der Waals surface area contributed by atoms with Gasteiger partial charge in [0.25, 0.3) is 5.91 Å². The summed E-state index contributed by atoms with van der Waals surface area (Å²) in [5.74, 6) is 1.48. The summed E-state index contributed by atoms with van der Waals surface area (Å²) >= 11 is 1.42. The lowest BCUT2D eigenvalue weighted by molar-refractivity contribution is -0.123. The smallest absolute Gasteiger partial charge is 0.268 e. The molecule has 0 bridgehead atoms. The van der Waals surface area contributed by atoms with E-state index in [0.717, 1.165) is 24.1 Å². The van der Waals surface area contributed by atoms with E-state index in [2.05, 4.69) is 6.07 Å². The molecule has 1 fully saturated rings. The minimum atomic E-state index is -1.03. The highest BCUT2D eigenvalue weighted by Crippen LogP contribution is 2.57. The fourth-order valence-electron chi connectivity index (χ4n) is 4.75.